The Kier molecular flexibility index (Phi) is 8.44. The van der Waals surface area contributed by atoms with E-state index in [2.05, 4.69) is 11.8 Å². The van der Waals surface area contributed by atoms with Gasteiger partial charge < -0.3 is 19.5 Å². The molecule has 2 aliphatic rings. The first-order chi connectivity index (χ1) is 17.4. The number of aliphatic hydroxyl groups excluding tert-OH is 1. The fraction of sp³-hybridized carbons (Fsp3) is 0.448. The molecule has 4 rings (SSSR count). The monoisotopic (exact) mass is 492 g/mol. The van der Waals surface area contributed by atoms with Crippen LogP contribution < -0.4 is 4.74 Å². The molecule has 2 aliphatic heterocycles. The fourth-order valence-electron chi connectivity index (χ4n) is 4.80. The van der Waals surface area contributed by atoms with Crippen molar-refractivity contribution in [2.75, 3.05) is 39.4 Å². The standard InChI is InChI=1S/C29H36N2O5/c1-4-21-6-8-22(9-7-21)26-25(27(32)23-10-12-24(13-11-23)36-20(2)3)28(33)29(34)31(26)15-5-14-30-16-18-35-19-17-30/h6-13,20,26,32H,4-5,14-19H2,1-3H3/b27-25+/t26-/m1/s1. The Morgan fingerprint density at radius 3 is 2.31 bits per heavy atom. The van der Waals surface area contributed by atoms with Crippen LogP contribution in [0.15, 0.2) is 54.1 Å². The number of hydrogen-bond donors (Lipinski definition) is 1. The molecule has 0 aliphatic carbocycles. The molecule has 36 heavy (non-hydrogen) atoms. The summed E-state index contributed by atoms with van der Waals surface area (Å²) in [5.41, 5.74) is 2.60. The van der Waals surface area contributed by atoms with Crippen LogP contribution in [-0.2, 0) is 20.7 Å². The number of hydrogen-bond acceptors (Lipinski definition) is 6. The summed E-state index contributed by atoms with van der Waals surface area (Å²) < 4.78 is 11.1. The second kappa shape index (κ2) is 11.7. The zero-order valence-electron chi connectivity index (χ0n) is 21.4. The number of carbonyl (C=O) groups is 2. The SMILES string of the molecule is CCc1ccc([C@@H]2/C(=C(\O)c3ccc(OC(C)C)cc3)C(=O)C(=O)N2CCCN2CCOCC2)cc1. The van der Waals surface area contributed by atoms with Gasteiger partial charge in [-0.1, -0.05) is 31.2 Å². The normalized spacial score (nSPS) is 20.3. The first kappa shape index (κ1) is 25.9. The topological polar surface area (TPSA) is 79.3 Å². The van der Waals surface area contributed by atoms with Crippen molar-refractivity contribution in [3.63, 3.8) is 0 Å². The summed E-state index contributed by atoms with van der Waals surface area (Å²) in [6.07, 6.45) is 1.65. The highest BCUT2D eigenvalue weighted by atomic mass is 16.5. The van der Waals surface area contributed by atoms with Gasteiger partial charge >= 0.3 is 0 Å². The van der Waals surface area contributed by atoms with E-state index in [1.807, 2.05) is 38.1 Å². The third-order valence-corrected chi connectivity index (χ3v) is 6.72. The molecule has 2 heterocycles. The average Bonchev–Trinajstić information content (AvgIpc) is 3.14. The highest BCUT2D eigenvalue weighted by Gasteiger charge is 2.45. The quantitative estimate of drug-likeness (QED) is 0.321. The van der Waals surface area contributed by atoms with E-state index in [1.165, 1.54) is 5.56 Å². The van der Waals surface area contributed by atoms with Gasteiger partial charge in [-0.15, -0.1) is 0 Å². The minimum absolute atomic E-state index is 0.0262. The number of morpholine rings is 1. The van der Waals surface area contributed by atoms with Crippen LogP contribution >= 0.6 is 0 Å². The van der Waals surface area contributed by atoms with Crippen molar-refractivity contribution in [1.29, 1.82) is 0 Å². The lowest BCUT2D eigenvalue weighted by atomic mass is 9.94. The molecular formula is C29H36N2O5. The second-order valence-corrected chi connectivity index (χ2v) is 9.59. The van der Waals surface area contributed by atoms with Gasteiger partial charge in [-0.25, -0.2) is 0 Å². The van der Waals surface area contributed by atoms with Crippen LogP contribution in [0.25, 0.3) is 5.76 Å². The molecule has 0 spiro atoms. The predicted octanol–water partition coefficient (Wildman–Crippen LogP) is 4.18. The van der Waals surface area contributed by atoms with E-state index in [0.29, 0.717) is 17.9 Å². The van der Waals surface area contributed by atoms with Crippen molar-refractivity contribution < 1.29 is 24.2 Å². The number of benzene rings is 2. The lowest BCUT2D eigenvalue weighted by Gasteiger charge is -2.29. The van der Waals surface area contributed by atoms with Gasteiger partial charge in [0.05, 0.1) is 30.9 Å². The second-order valence-electron chi connectivity index (χ2n) is 9.59. The molecule has 1 amide bonds. The van der Waals surface area contributed by atoms with Crippen molar-refractivity contribution in [3.8, 4) is 5.75 Å². The molecule has 192 valence electrons. The molecule has 1 atom stereocenters. The zero-order valence-corrected chi connectivity index (χ0v) is 21.4. The van der Waals surface area contributed by atoms with Crippen molar-refractivity contribution >= 4 is 17.4 Å². The van der Waals surface area contributed by atoms with E-state index >= 15 is 0 Å². The van der Waals surface area contributed by atoms with Crippen molar-refractivity contribution in [2.45, 2.75) is 45.8 Å². The van der Waals surface area contributed by atoms with E-state index in [1.54, 1.807) is 29.2 Å². The zero-order chi connectivity index (χ0) is 25.7. The summed E-state index contributed by atoms with van der Waals surface area (Å²) in [4.78, 5) is 30.4. The van der Waals surface area contributed by atoms with Crippen LogP contribution in [-0.4, -0.2) is 72.1 Å². The molecule has 7 nitrogen and oxygen atoms in total. The number of Topliss-reactive ketones (excluding diaryl/α,β-unsaturated/α-hetero) is 1. The van der Waals surface area contributed by atoms with Gasteiger partial charge in [0.25, 0.3) is 11.7 Å². The number of aryl methyl sites for hydroxylation is 1. The smallest absolute Gasteiger partial charge is 0.295 e. The molecule has 0 radical (unpaired) electrons. The van der Waals surface area contributed by atoms with Crippen molar-refractivity contribution in [1.82, 2.24) is 9.80 Å². The van der Waals surface area contributed by atoms with Crippen LogP contribution in [0.1, 0.15) is 49.9 Å². The first-order valence-corrected chi connectivity index (χ1v) is 12.8. The number of ketones is 1. The highest BCUT2D eigenvalue weighted by molar-refractivity contribution is 6.46. The molecule has 7 heteroatoms. The molecule has 0 unspecified atom stereocenters. The number of aliphatic hydroxyl groups is 1. The summed E-state index contributed by atoms with van der Waals surface area (Å²) in [6.45, 7) is 10.4. The summed E-state index contributed by atoms with van der Waals surface area (Å²) in [5, 5.41) is 11.3. The number of carbonyl (C=O) groups excluding carboxylic acids is 2. The Morgan fingerprint density at radius 2 is 1.69 bits per heavy atom. The minimum Gasteiger partial charge on any atom is -0.507 e. The number of likely N-dealkylation sites (tertiary alicyclic amines) is 1. The minimum atomic E-state index is -0.647. The highest BCUT2D eigenvalue weighted by Crippen LogP contribution is 2.39. The van der Waals surface area contributed by atoms with Crippen LogP contribution in [0.2, 0.25) is 0 Å². The molecule has 0 aromatic heterocycles. The van der Waals surface area contributed by atoms with Gasteiger partial charge in [0.2, 0.25) is 0 Å². The van der Waals surface area contributed by atoms with E-state index in [0.717, 1.165) is 51.3 Å². The summed E-state index contributed by atoms with van der Waals surface area (Å²) in [6, 6.07) is 14.3. The lowest BCUT2D eigenvalue weighted by Crippen LogP contribution is -2.38. The van der Waals surface area contributed by atoms with Crippen LogP contribution in [0, 0.1) is 0 Å². The molecule has 2 aromatic carbocycles. The molecule has 0 saturated carbocycles. The number of amides is 1. The molecule has 1 N–H and O–H groups in total. The predicted molar refractivity (Wildman–Crippen MR) is 139 cm³/mol. The number of rotatable bonds is 9. The summed E-state index contributed by atoms with van der Waals surface area (Å²) >= 11 is 0. The Labute approximate surface area is 213 Å². The summed E-state index contributed by atoms with van der Waals surface area (Å²) in [7, 11) is 0. The van der Waals surface area contributed by atoms with Gasteiger partial charge in [0, 0.05) is 31.7 Å². The maximum absolute atomic E-state index is 13.3. The fourth-order valence-corrected chi connectivity index (χ4v) is 4.80. The van der Waals surface area contributed by atoms with Crippen molar-refractivity contribution in [2.24, 2.45) is 0 Å². The maximum atomic E-state index is 13.3. The van der Waals surface area contributed by atoms with E-state index < -0.39 is 17.7 Å². The van der Waals surface area contributed by atoms with E-state index in [9.17, 15) is 14.7 Å². The summed E-state index contributed by atoms with van der Waals surface area (Å²) in [5.74, 6) is -0.699. The molecular weight excluding hydrogens is 456 g/mol. The molecule has 2 saturated heterocycles. The Bertz CT molecular complexity index is 1090. The molecule has 2 fully saturated rings. The van der Waals surface area contributed by atoms with Crippen molar-refractivity contribution in [3.05, 3.63) is 70.8 Å². The third-order valence-electron chi connectivity index (χ3n) is 6.72. The average molecular weight is 493 g/mol. The Morgan fingerprint density at radius 1 is 1.03 bits per heavy atom. The lowest BCUT2D eigenvalue weighted by molar-refractivity contribution is -0.140. The van der Waals surface area contributed by atoms with E-state index in [-0.39, 0.29) is 17.4 Å². The third kappa shape index (κ3) is 5.79. The van der Waals surface area contributed by atoms with Gasteiger partial charge in [-0.2, -0.15) is 0 Å². The number of nitrogens with zero attached hydrogens (tertiary/aromatic N) is 2. The Hall–Kier alpha value is -3.16. The van der Waals surface area contributed by atoms with E-state index in [4.69, 9.17) is 9.47 Å². The first-order valence-electron chi connectivity index (χ1n) is 12.8. The van der Waals surface area contributed by atoms with Gasteiger partial charge in [-0.3, -0.25) is 14.5 Å². The van der Waals surface area contributed by atoms with Gasteiger partial charge in [0.15, 0.2) is 0 Å². The van der Waals surface area contributed by atoms with Gasteiger partial charge in [0.1, 0.15) is 11.5 Å². The number of ether oxygens (including phenoxy) is 2. The largest absolute Gasteiger partial charge is 0.507 e. The van der Waals surface area contributed by atoms with Gasteiger partial charge in [-0.05, 0) is 62.1 Å². The van der Waals surface area contributed by atoms with Crippen LogP contribution in [0.4, 0.5) is 0 Å². The molecule has 2 aromatic rings. The van der Waals surface area contributed by atoms with Crippen LogP contribution in [0.3, 0.4) is 0 Å². The maximum Gasteiger partial charge on any atom is 0.295 e. The molecule has 0 bridgehead atoms. The Balaban J connectivity index is 1.65. The van der Waals surface area contributed by atoms with Crippen LogP contribution in [0.5, 0.6) is 5.75 Å².